The van der Waals surface area contributed by atoms with Gasteiger partial charge in [0, 0.05) is 5.69 Å². The zero-order chi connectivity index (χ0) is 11.5. The quantitative estimate of drug-likeness (QED) is 0.789. The lowest BCUT2D eigenvalue weighted by atomic mass is 10.2. The minimum absolute atomic E-state index is 0.106. The maximum Gasteiger partial charge on any atom is 0.0995 e. The van der Waals surface area contributed by atoms with Gasteiger partial charge in [-0.25, -0.2) is 4.98 Å². The van der Waals surface area contributed by atoms with E-state index in [2.05, 4.69) is 9.97 Å². The summed E-state index contributed by atoms with van der Waals surface area (Å²) in [6, 6.07) is 3.44. The first-order valence-corrected chi connectivity index (χ1v) is 5.04. The van der Waals surface area contributed by atoms with Gasteiger partial charge < -0.3 is 15.4 Å². The van der Waals surface area contributed by atoms with Crippen molar-refractivity contribution in [1.29, 1.82) is 0 Å². The van der Waals surface area contributed by atoms with Crippen LogP contribution < -0.4 is 5.73 Å². The lowest BCUT2D eigenvalue weighted by Crippen LogP contribution is -2.18. The van der Waals surface area contributed by atoms with Crippen LogP contribution in [0.2, 0.25) is 0 Å². The van der Waals surface area contributed by atoms with Crippen molar-refractivity contribution in [2.75, 3.05) is 6.61 Å². The highest BCUT2D eigenvalue weighted by Gasteiger charge is 2.11. The molecule has 0 aliphatic carbocycles. The van der Waals surface area contributed by atoms with E-state index in [9.17, 15) is 0 Å². The van der Waals surface area contributed by atoms with E-state index >= 15 is 0 Å². The zero-order valence-electron chi connectivity index (χ0n) is 9.04. The first kappa shape index (κ1) is 10.8. The Labute approximate surface area is 93.6 Å². The van der Waals surface area contributed by atoms with Gasteiger partial charge in [0.05, 0.1) is 42.8 Å². The van der Waals surface area contributed by atoms with Gasteiger partial charge in [-0.1, -0.05) is 0 Å². The maximum absolute atomic E-state index is 9.04. The van der Waals surface area contributed by atoms with Crippen molar-refractivity contribution >= 4 is 0 Å². The predicted octanol–water partition coefficient (Wildman–Crippen LogP) is 0.568. The van der Waals surface area contributed by atoms with Gasteiger partial charge in [0.1, 0.15) is 0 Å². The van der Waals surface area contributed by atoms with E-state index in [1.165, 1.54) is 0 Å². The topological polar surface area (TPSA) is 77.0 Å². The van der Waals surface area contributed by atoms with Gasteiger partial charge in [0.25, 0.3) is 0 Å². The second-order valence-electron chi connectivity index (χ2n) is 3.64. The number of nitrogens with zero attached hydrogens (tertiary/aromatic N) is 3. The number of imidazole rings is 1. The summed E-state index contributed by atoms with van der Waals surface area (Å²) in [6.07, 6.45) is 5.07. The molecule has 0 amide bonds. The molecule has 0 saturated carbocycles. The molecule has 84 valence electrons. The summed E-state index contributed by atoms with van der Waals surface area (Å²) in [5.41, 5.74) is 8.39. The Morgan fingerprint density at radius 1 is 1.44 bits per heavy atom. The molecule has 1 unspecified atom stereocenters. The number of aryl methyl sites for hydroxylation is 1. The molecule has 2 aromatic rings. The van der Waals surface area contributed by atoms with Gasteiger partial charge in [-0.2, -0.15) is 0 Å². The van der Waals surface area contributed by atoms with Gasteiger partial charge in [-0.3, -0.25) is 4.98 Å². The highest BCUT2D eigenvalue weighted by Crippen LogP contribution is 2.15. The molecule has 0 aliphatic heterocycles. The van der Waals surface area contributed by atoms with E-state index in [-0.39, 0.29) is 6.61 Å². The molecule has 0 spiro atoms. The molecule has 5 heteroatoms. The Hall–Kier alpha value is -1.72. The third kappa shape index (κ3) is 1.95. The molecular formula is C11H14N4O. The Bertz CT molecular complexity index is 463. The Balaban J connectivity index is 2.40. The third-order valence-electron chi connectivity index (χ3n) is 2.42. The van der Waals surface area contributed by atoms with Gasteiger partial charge in [-0.15, -0.1) is 0 Å². The molecule has 0 fully saturated rings. The van der Waals surface area contributed by atoms with Crippen LogP contribution in [0.25, 0.3) is 5.69 Å². The van der Waals surface area contributed by atoms with Crippen molar-refractivity contribution < 1.29 is 5.11 Å². The summed E-state index contributed by atoms with van der Waals surface area (Å²) in [7, 11) is 0. The van der Waals surface area contributed by atoms with E-state index in [0.29, 0.717) is 0 Å². The second kappa shape index (κ2) is 4.42. The fourth-order valence-corrected chi connectivity index (χ4v) is 1.49. The summed E-state index contributed by atoms with van der Waals surface area (Å²) in [5.74, 6) is 0. The minimum Gasteiger partial charge on any atom is -0.394 e. The molecule has 0 aliphatic rings. The molecule has 0 bridgehead atoms. The molecule has 2 aromatic heterocycles. The molecule has 3 N–H and O–H groups in total. The Morgan fingerprint density at radius 3 is 2.88 bits per heavy atom. The van der Waals surface area contributed by atoms with E-state index in [4.69, 9.17) is 10.8 Å². The van der Waals surface area contributed by atoms with Crippen LogP contribution in [0, 0.1) is 6.92 Å². The SMILES string of the molecule is Cc1ccc(-n2cncc2C(N)CO)cn1. The molecule has 16 heavy (non-hydrogen) atoms. The van der Waals surface area contributed by atoms with E-state index < -0.39 is 6.04 Å². The highest BCUT2D eigenvalue weighted by atomic mass is 16.3. The first-order chi connectivity index (χ1) is 7.72. The minimum atomic E-state index is -0.427. The Kier molecular flexibility index (Phi) is 2.98. The summed E-state index contributed by atoms with van der Waals surface area (Å²) in [5, 5.41) is 9.04. The standard InChI is InChI=1S/C11H14N4O/c1-8-2-3-9(4-14-8)15-7-13-5-11(15)10(12)6-16/h2-5,7,10,16H,6,12H2,1H3. The summed E-state index contributed by atoms with van der Waals surface area (Å²) < 4.78 is 1.83. The number of rotatable bonds is 3. The number of aliphatic hydroxyl groups excluding tert-OH is 1. The van der Waals surface area contributed by atoms with Crippen molar-refractivity contribution in [3.63, 3.8) is 0 Å². The lowest BCUT2D eigenvalue weighted by Gasteiger charge is -2.12. The van der Waals surface area contributed by atoms with Gasteiger partial charge in [0.15, 0.2) is 0 Å². The van der Waals surface area contributed by atoms with Crippen molar-refractivity contribution in [3.8, 4) is 5.69 Å². The Morgan fingerprint density at radius 2 is 2.25 bits per heavy atom. The van der Waals surface area contributed by atoms with Crippen LogP contribution >= 0.6 is 0 Å². The van der Waals surface area contributed by atoms with Crippen molar-refractivity contribution in [2.24, 2.45) is 5.73 Å². The fourth-order valence-electron chi connectivity index (χ4n) is 1.49. The van der Waals surface area contributed by atoms with Crippen LogP contribution in [0.4, 0.5) is 0 Å². The van der Waals surface area contributed by atoms with Gasteiger partial charge >= 0.3 is 0 Å². The van der Waals surface area contributed by atoms with Gasteiger partial charge in [0.2, 0.25) is 0 Å². The number of hydrogen-bond acceptors (Lipinski definition) is 4. The maximum atomic E-state index is 9.04. The molecule has 5 nitrogen and oxygen atoms in total. The van der Waals surface area contributed by atoms with Crippen LogP contribution in [0.3, 0.4) is 0 Å². The molecule has 2 heterocycles. The number of nitrogens with two attached hydrogens (primary N) is 1. The van der Waals surface area contributed by atoms with E-state index in [1.54, 1.807) is 18.7 Å². The molecule has 0 radical (unpaired) electrons. The average molecular weight is 218 g/mol. The largest absolute Gasteiger partial charge is 0.394 e. The average Bonchev–Trinajstić information content (AvgIpc) is 2.78. The monoisotopic (exact) mass is 218 g/mol. The van der Waals surface area contributed by atoms with Crippen molar-refractivity contribution in [2.45, 2.75) is 13.0 Å². The number of aliphatic hydroxyl groups is 1. The normalized spacial score (nSPS) is 12.7. The van der Waals surface area contributed by atoms with Crippen LogP contribution in [0.15, 0.2) is 30.9 Å². The number of aromatic nitrogens is 3. The molecule has 1 atom stereocenters. The second-order valence-corrected chi connectivity index (χ2v) is 3.64. The van der Waals surface area contributed by atoms with Crippen LogP contribution in [-0.4, -0.2) is 26.2 Å². The van der Waals surface area contributed by atoms with Crippen LogP contribution in [0.1, 0.15) is 17.4 Å². The highest BCUT2D eigenvalue weighted by molar-refractivity contribution is 5.32. The third-order valence-corrected chi connectivity index (χ3v) is 2.42. The van der Waals surface area contributed by atoms with E-state index in [1.807, 2.05) is 23.6 Å². The molecule has 2 rings (SSSR count). The van der Waals surface area contributed by atoms with E-state index in [0.717, 1.165) is 17.1 Å². The van der Waals surface area contributed by atoms with Crippen LogP contribution in [0.5, 0.6) is 0 Å². The fraction of sp³-hybridized carbons (Fsp3) is 0.273. The van der Waals surface area contributed by atoms with Crippen molar-refractivity contribution in [3.05, 3.63) is 42.2 Å². The summed E-state index contributed by atoms with van der Waals surface area (Å²) >= 11 is 0. The van der Waals surface area contributed by atoms with Crippen LogP contribution in [-0.2, 0) is 0 Å². The zero-order valence-corrected chi connectivity index (χ0v) is 9.04. The molecule has 0 saturated heterocycles. The first-order valence-electron chi connectivity index (χ1n) is 5.04. The smallest absolute Gasteiger partial charge is 0.0995 e. The molecular weight excluding hydrogens is 204 g/mol. The summed E-state index contributed by atoms with van der Waals surface area (Å²) in [4.78, 5) is 8.24. The lowest BCUT2D eigenvalue weighted by molar-refractivity contribution is 0.265. The number of hydrogen-bond donors (Lipinski definition) is 2. The predicted molar refractivity (Wildman–Crippen MR) is 60.1 cm³/mol. The van der Waals surface area contributed by atoms with Crippen molar-refractivity contribution in [1.82, 2.24) is 14.5 Å². The van der Waals surface area contributed by atoms with Gasteiger partial charge in [-0.05, 0) is 19.1 Å². The summed E-state index contributed by atoms with van der Waals surface area (Å²) in [6.45, 7) is 1.82. The number of pyridine rings is 1. The molecule has 0 aromatic carbocycles.